The van der Waals surface area contributed by atoms with Gasteiger partial charge in [0.25, 0.3) is 5.22 Å². The average molecular weight is 481 g/mol. The number of hydrogen-bond donors (Lipinski definition) is 1. The van der Waals surface area contributed by atoms with E-state index in [-0.39, 0.29) is 27.7 Å². The van der Waals surface area contributed by atoms with Crippen LogP contribution in [0.2, 0.25) is 5.02 Å². The molecule has 164 valence electrons. The number of halogens is 1. The SMILES string of the molecule is CCN(CC)S(=O)(=O)c1ccc(-c2nnc(SCC(=O)Nc3ccccc3Cl)o2)cc1. The van der Waals surface area contributed by atoms with Crippen molar-refractivity contribution in [1.29, 1.82) is 0 Å². The molecule has 31 heavy (non-hydrogen) atoms. The Morgan fingerprint density at radius 1 is 1.10 bits per heavy atom. The number of hydrogen-bond acceptors (Lipinski definition) is 7. The van der Waals surface area contributed by atoms with Crippen LogP contribution >= 0.6 is 23.4 Å². The Morgan fingerprint density at radius 2 is 1.77 bits per heavy atom. The molecule has 0 aliphatic heterocycles. The summed E-state index contributed by atoms with van der Waals surface area (Å²) in [4.78, 5) is 12.3. The van der Waals surface area contributed by atoms with Gasteiger partial charge in [-0.3, -0.25) is 4.79 Å². The van der Waals surface area contributed by atoms with Crippen molar-refractivity contribution >= 4 is 45.0 Å². The van der Waals surface area contributed by atoms with Crippen molar-refractivity contribution in [3.63, 3.8) is 0 Å². The first-order chi connectivity index (χ1) is 14.8. The Kier molecular flexibility index (Phi) is 7.71. The van der Waals surface area contributed by atoms with Gasteiger partial charge >= 0.3 is 0 Å². The van der Waals surface area contributed by atoms with Crippen LogP contribution in [0, 0.1) is 0 Å². The van der Waals surface area contributed by atoms with Crippen molar-refractivity contribution in [2.24, 2.45) is 0 Å². The van der Waals surface area contributed by atoms with Crippen molar-refractivity contribution in [3.05, 3.63) is 53.6 Å². The van der Waals surface area contributed by atoms with Gasteiger partial charge in [0, 0.05) is 18.7 Å². The highest BCUT2D eigenvalue weighted by atomic mass is 35.5. The van der Waals surface area contributed by atoms with Crippen LogP contribution in [-0.4, -0.2) is 47.7 Å². The Labute approximate surface area is 190 Å². The second kappa shape index (κ2) is 10.3. The van der Waals surface area contributed by atoms with Crippen LogP contribution in [0.5, 0.6) is 0 Å². The number of nitrogens with zero attached hydrogens (tertiary/aromatic N) is 3. The third-order valence-corrected chi connectivity index (χ3v) is 7.54. The van der Waals surface area contributed by atoms with E-state index in [1.807, 2.05) is 0 Å². The number of para-hydroxylation sites is 1. The van der Waals surface area contributed by atoms with Gasteiger partial charge in [-0.05, 0) is 36.4 Å². The number of anilines is 1. The maximum absolute atomic E-state index is 12.6. The maximum Gasteiger partial charge on any atom is 0.277 e. The van der Waals surface area contributed by atoms with Gasteiger partial charge in [-0.15, -0.1) is 10.2 Å². The molecular formula is C20H21ClN4O4S2. The van der Waals surface area contributed by atoms with E-state index in [4.69, 9.17) is 16.0 Å². The van der Waals surface area contributed by atoms with Crippen molar-refractivity contribution in [1.82, 2.24) is 14.5 Å². The Morgan fingerprint density at radius 3 is 2.42 bits per heavy atom. The van der Waals surface area contributed by atoms with Crippen LogP contribution in [0.3, 0.4) is 0 Å². The quantitative estimate of drug-likeness (QED) is 0.458. The highest BCUT2D eigenvalue weighted by Crippen LogP contribution is 2.26. The molecule has 3 aromatic rings. The van der Waals surface area contributed by atoms with Crippen LogP contribution in [0.1, 0.15) is 13.8 Å². The van der Waals surface area contributed by atoms with E-state index in [1.54, 1.807) is 50.2 Å². The lowest BCUT2D eigenvalue weighted by Gasteiger charge is -2.18. The molecule has 0 aliphatic rings. The molecule has 0 fully saturated rings. The third kappa shape index (κ3) is 5.65. The van der Waals surface area contributed by atoms with E-state index < -0.39 is 10.0 Å². The summed E-state index contributed by atoms with van der Waals surface area (Å²) in [6.07, 6.45) is 0. The fourth-order valence-corrected chi connectivity index (χ4v) is 4.95. The van der Waals surface area contributed by atoms with Crippen LogP contribution < -0.4 is 5.32 Å². The van der Waals surface area contributed by atoms with Crippen molar-refractivity contribution in [2.75, 3.05) is 24.2 Å². The highest BCUT2D eigenvalue weighted by molar-refractivity contribution is 7.99. The Balaban J connectivity index is 1.63. The fourth-order valence-electron chi connectivity index (χ4n) is 2.74. The number of benzene rings is 2. The summed E-state index contributed by atoms with van der Waals surface area (Å²) in [5.74, 6) is 0.0399. The molecule has 1 N–H and O–H groups in total. The molecule has 0 saturated carbocycles. The van der Waals surface area contributed by atoms with Gasteiger partial charge in [0.05, 0.1) is 21.4 Å². The number of aromatic nitrogens is 2. The van der Waals surface area contributed by atoms with Gasteiger partial charge in [-0.25, -0.2) is 8.42 Å². The first-order valence-electron chi connectivity index (χ1n) is 9.46. The minimum atomic E-state index is -3.53. The molecule has 2 aromatic carbocycles. The van der Waals surface area contributed by atoms with Crippen LogP contribution in [0.25, 0.3) is 11.5 Å². The third-order valence-electron chi connectivity index (χ3n) is 4.33. The van der Waals surface area contributed by atoms with Gasteiger partial charge in [0.1, 0.15) is 0 Å². The Bertz CT molecular complexity index is 1150. The predicted molar refractivity (Wildman–Crippen MR) is 121 cm³/mol. The second-order valence-electron chi connectivity index (χ2n) is 6.30. The molecule has 0 unspecified atom stereocenters. The van der Waals surface area contributed by atoms with Crippen molar-refractivity contribution < 1.29 is 17.6 Å². The molecule has 0 saturated heterocycles. The normalized spacial score (nSPS) is 11.6. The van der Waals surface area contributed by atoms with Crippen LogP contribution in [-0.2, 0) is 14.8 Å². The predicted octanol–water partition coefficient (Wildman–Crippen LogP) is 4.15. The average Bonchev–Trinajstić information content (AvgIpc) is 3.24. The molecule has 0 bridgehead atoms. The molecule has 0 radical (unpaired) electrons. The topological polar surface area (TPSA) is 105 Å². The lowest BCUT2D eigenvalue weighted by atomic mass is 10.2. The molecule has 3 rings (SSSR count). The van der Waals surface area contributed by atoms with Gasteiger partial charge in [0.2, 0.25) is 21.8 Å². The molecule has 0 aliphatic carbocycles. The number of rotatable bonds is 9. The van der Waals surface area contributed by atoms with E-state index in [9.17, 15) is 13.2 Å². The summed E-state index contributed by atoms with van der Waals surface area (Å²) in [5.41, 5.74) is 1.11. The lowest BCUT2D eigenvalue weighted by molar-refractivity contribution is -0.113. The summed E-state index contributed by atoms with van der Waals surface area (Å²) >= 11 is 7.12. The summed E-state index contributed by atoms with van der Waals surface area (Å²) in [6.45, 7) is 4.38. The zero-order valence-electron chi connectivity index (χ0n) is 16.9. The second-order valence-corrected chi connectivity index (χ2v) is 9.58. The minimum Gasteiger partial charge on any atom is -0.411 e. The number of carbonyl (C=O) groups excluding carboxylic acids is 1. The van der Waals surface area contributed by atoms with Gasteiger partial charge in [0.15, 0.2) is 0 Å². The van der Waals surface area contributed by atoms with Gasteiger partial charge < -0.3 is 9.73 Å². The smallest absolute Gasteiger partial charge is 0.277 e. The highest BCUT2D eigenvalue weighted by Gasteiger charge is 2.21. The molecule has 1 heterocycles. The van der Waals surface area contributed by atoms with Gasteiger partial charge in [-0.1, -0.05) is 49.3 Å². The molecule has 1 amide bonds. The summed E-state index contributed by atoms with van der Waals surface area (Å²) in [5, 5.41) is 11.3. The number of carbonyl (C=O) groups is 1. The first kappa shape index (κ1) is 23.3. The largest absolute Gasteiger partial charge is 0.411 e. The monoisotopic (exact) mass is 480 g/mol. The molecule has 11 heteroatoms. The molecule has 0 atom stereocenters. The molecule has 8 nitrogen and oxygen atoms in total. The van der Waals surface area contributed by atoms with Gasteiger partial charge in [-0.2, -0.15) is 4.31 Å². The molecular weight excluding hydrogens is 460 g/mol. The van der Waals surface area contributed by atoms with Crippen LogP contribution in [0.4, 0.5) is 5.69 Å². The lowest BCUT2D eigenvalue weighted by Crippen LogP contribution is -2.30. The summed E-state index contributed by atoms with van der Waals surface area (Å²) in [6, 6.07) is 13.2. The first-order valence-corrected chi connectivity index (χ1v) is 12.3. The van der Waals surface area contributed by atoms with Crippen molar-refractivity contribution in [2.45, 2.75) is 24.0 Å². The maximum atomic E-state index is 12.6. The number of sulfonamides is 1. The van der Waals surface area contributed by atoms with Crippen LogP contribution in [0.15, 0.2) is 63.1 Å². The number of thioether (sulfide) groups is 1. The standard InChI is InChI=1S/C20H21ClN4O4S2/c1-3-25(4-2)31(27,28)15-11-9-14(10-12-15)19-23-24-20(29-19)30-13-18(26)22-17-8-6-5-7-16(17)21/h5-12H,3-4,13H2,1-2H3,(H,22,26). The summed E-state index contributed by atoms with van der Waals surface area (Å²) < 4.78 is 32.1. The number of nitrogens with one attached hydrogen (secondary N) is 1. The minimum absolute atomic E-state index is 0.0634. The summed E-state index contributed by atoms with van der Waals surface area (Å²) in [7, 11) is -3.53. The van der Waals surface area contributed by atoms with E-state index in [0.717, 1.165) is 11.8 Å². The number of amides is 1. The zero-order chi connectivity index (χ0) is 22.4. The van der Waals surface area contributed by atoms with Crippen molar-refractivity contribution in [3.8, 4) is 11.5 Å². The van der Waals surface area contributed by atoms with E-state index in [1.165, 1.54) is 16.4 Å². The Hall–Kier alpha value is -2.40. The van der Waals surface area contributed by atoms with E-state index in [0.29, 0.717) is 29.4 Å². The fraction of sp³-hybridized carbons (Fsp3) is 0.250. The molecule has 1 aromatic heterocycles. The molecule has 0 spiro atoms. The zero-order valence-corrected chi connectivity index (χ0v) is 19.3. The van der Waals surface area contributed by atoms with E-state index in [2.05, 4.69) is 15.5 Å². The van der Waals surface area contributed by atoms with E-state index >= 15 is 0 Å².